The van der Waals surface area contributed by atoms with E-state index in [0.717, 1.165) is 12.1 Å². The third kappa shape index (κ3) is 5.67. The highest BCUT2D eigenvalue weighted by atomic mass is 16.6. The number of nitro groups is 1. The maximum atomic E-state index is 10.6. The van der Waals surface area contributed by atoms with Gasteiger partial charge in [-0.25, -0.2) is 9.59 Å². The topological polar surface area (TPSA) is 162 Å². The lowest BCUT2D eigenvalue weighted by molar-refractivity contribution is -0.385. The van der Waals surface area contributed by atoms with Crippen molar-refractivity contribution in [3.8, 4) is 11.5 Å². The van der Waals surface area contributed by atoms with Crippen LogP contribution in [0.5, 0.6) is 11.5 Å². The van der Waals surface area contributed by atoms with Gasteiger partial charge in [-0.1, -0.05) is 0 Å². The van der Waals surface area contributed by atoms with E-state index in [1.54, 1.807) is 6.07 Å². The van der Waals surface area contributed by atoms with E-state index in [1.807, 2.05) is 0 Å². The van der Waals surface area contributed by atoms with Crippen LogP contribution in [-0.4, -0.2) is 41.3 Å². The molecule has 0 atom stereocenters. The fourth-order valence-corrected chi connectivity index (χ4v) is 1.79. The molecule has 10 nitrogen and oxygen atoms in total. The summed E-state index contributed by atoms with van der Waals surface area (Å²) in [5.74, 6) is -1.64. The molecule has 2 aromatic rings. The van der Waals surface area contributed by atoms with Crippen molar-refractivity contribution in [1.29, 1.82) is 0 Å². The van der Waals surface area contributed by atoms with Gasteiger partial charge in [0.15, 0.2) is 0 Å². The van der Waals surface area contributed by atoms with Gasteiger partial charge in [0, 0.05) is 17.8 Å². The molecule has 2 rings (SSSR count). The number of aromatic carboxylic acids is 2. The van der Waals surface area contributed by atoms with Crippen molar-refractivity contribution in [1.82, 2.24) is 0 Å². The first kappa shape index (κ1) is 20.2. The molecule has 0 aliphatic heterocycles. The van der Waals surface area contributed by atoms with E-state index in [0.29, 0.717) is 11.4 Å². The van der Waals surface area contributed by atoms with Gasteiger partial charge < -0.3 is 25.4 Å². The minimum absolute atomic E-state index is 0.131. The number of benzene rings is 2. The van der Waals surface area contributed by atoms with Gasteiger partial charge in [0.2, 0.25) is 0 Å². The maximum Gasteiger partial charge on any atom is 0.336 e. The van der Waals surface area contributed by atoms with Crippen LogP contribution >= 0.6 is 0 Å². The second-order valence-corrected chi connectivity index (χ2v) is 4.78. The number of nitro benzene ring substituents is 1. The molecule has 0 aromatic heterocycles. The highest BCUT2D eigenvalue weighted by molar-refractivity contribution is 5.89. The Morgan fingerprint density at radius 3 is 1.81 bits per heavy atom. The van der Waals surface area contributed by atoms with Crippen LogP contribution in [0.1, 0.15) is 20.7 Å². The van der Waals surface area contributed by atoms with Crippen molar-refractivity contribution < 1.29 is 34.2 Å². The first-order chi connectivity index (χ1) is 12.2. The number of nitrogen functional groups attached to an aromatic ring is 1. The number of ether oxygens (including phenoxy) is 2. The quantitative estimate of drug-likeness (QED) is 0.410. The van der Waals surface area contributed by atoms with E-state index >= 15 is 0 Å². The molecular formula is C16H16N2O8. The zero-order valence-corrected chi connectivity index (χ0v) is 13.8. The van der Waals surface area contributed by atoms with Crippen molar-refractivity contribution >= 4 is 23.3 Å². The molecule has 10 heteroatoms. The third-order valence-electron chi connectivity index (χ3n) is 3.00. The first-order valence-corrected chi connectivity index (χ1v) is 6.92. The van der Waals surface area contributed by atoms with Crippen LogP contribution in [0.3, 0.4) is 0 Å². The molecule has 0 bridgehead atoms. The van der Waals surface area contributed by atoms with Gasteiger partial charge in [0.1, 0.15) is 11.5 Å². The maximum absolute atomic E-state index is 10.6. The van der Waals surface area contributed by atoms with Crippen molar-refractivity contribution in [2.75, 3.05) is 20.0 Å². The van der Waals surface area contributed by atoms with E-state index < -0.39 is 16.9 Å². The Balaban J connectivity index is 0.000000263. The minimum atomic E-state index is -1.23. The molecule has 138 valence electrons. The Labute approximate surface area is 147 Å². The van der Waals surface area contributed by atoms with Crippen molar-refractivity contribution in [3.05, 3.63) is 57.6 Å². The van der Waals surface area contributed by atoms with Gasteiger partial charge in [0.25, 0.3) is 5.69 Å². The predicted octanol–water partition coefficient (Wildman–Crippen LogP) is 2.28. The average Bonchev–Trinajstić information content (AvgIpc) is 2.60. The summed E-state index contributed by atoms with van der Waals surface area (Å²) in [5.41, 5.74) is 5.47. The second kappa shape index (κ2) is 8.87. The Bertz CT molecular complexity index is 803. The molecule has 26 heavy (non-hydrogen) atoms. The molecule has 0 saturated heterocycles. The molecular weight excluding hydrogens is 348 g/mol. The summed E-state index contributed by atoms with van der Waals surface area (Å²) in [4.78, 5) is 30.8. The van der Waals surface area contributed by atoms with E-state index in [1.165, 1.54) is 32.4 Å². The zero-order chi connectivity index (χ0) is 19.9. The van der Waals surface area contributed by atoms with E-state index in [-0.39, 0.29) is 22.6 Å². The SMILES string of the molecule is COc1cc(C(=O)O)cc([N+](=O)[O-])c1.COc1cc(N)cc(C(=O)O)c1. The average molecular weight is 364 g/mol. The molecule has 0 aliphatic carbocycles. The number of carbonyl (C=O) groups is 2. The second-order valence-electron chi connectivity index (χ2n) is 4.78. The van der Waals surface area contributed by atoms with Crippen LogP contribution in [0.25, 0.3) is 0 Å². The standard InChI is InChI=1S/C8H7NO5.C8H9NO3/c1-14-7-3-5(8(10)11)2-6(4-7)9(12)13;1-12-7-3-5(8(10)11)2-6(9)4-7/h2-4H,1H3,(H,10,11);2-4H,9H2,1H3,(H,10,11). The fraction of sp³-hybridized carbons (Fsp3) is 0.125. The van der Waals surface area contributed by atoms with Gasteiger partial charge in [-0.15, -0.1) is 0 Å². The van der Waals surface area contributed by atoms with Crippen LogP contribution in [0.15, 0.2) is 36.4 Å². The third-order valence-corrected chi connectivity index (χ3v) is 3.00. The van der Waals surface area contributed by atoms with Gasteiger partial charge >= 0.3 is 11.9 Å². The van der Waals surface area contributed by atoms with Crippen LogP contribution in [0.4, 0.5) is 11.4 Å². The number of non-ortho nitro benzene ring substituents is 1. The predicted molar refractivity (Wildman–Crippen MR) is 91.0 cm³/mol. The summed E-state index contributed by atoms with van der Waals surface area (Å²) in [6, 6.07) is 7.71. The molecule has 0 heterocycles. The van der Waals surface area contributed by atoms with E-state index in [9.17, 15) is 19.7 Å². The number of hydrogen-bond donors (Lipinski definition) is 3. The number of hydrogen-bond acceptors (Lipinski definition) is 7. The Morgan fingerprint density at radius 1 is 0.923 bits per heavy atom. The highest BCUT2D eigenvalue weighted by Crippen LogP contribution is 2.22. The van der Waals surface area contributed by atoms with Crippen molar-refractivity contribution in [2.45, 2.75) is 0 Å². The molecule has 0 fully saturated rings. The summed E-state index contributed by atoms with van der Waals surface area (Å²) in [7, 11) is 2.77. The molecule has 0 spiro atoms. The van der Waals surface area contributed by atoms with Crippen LogP contribution < -0.4 is 15.2 Å². The van der Waals surface area contributed by atoms with Gasteiger partial charge in [-0.2, -0.15) is 0 Å². The van der Waals surface area contributed by atoms with Gasteiger partial charge in [-0.3, -0.25) is 10.1 Å². The molecule has 0 unspecified atom stereocenters. The molecule has 0 amide bonds. The highest BCUT2D eigenvalue weighted by Gasteiger charge is 2.13. The van der Waals surface area contributed by atoms with Crippen LogP contribution in [0, 0.1) is 10.1 Å². The lowest BCUT2D eigenvalue weighted by Crippen LogP contribution is -1.99. The van der Waals surface area contributed by atoms with Crippen LogP contribution in [-0.2, 0) is 0 Å². The minimum Gasteiger partial charge on any atom is -0.497 e. The molecule has 0 aliphatic rings. The van der Waals surface area contributed by atoms with Crippen molar-refractivity contribution in [2.24, 2.45) is 0 Å². The van der Waals surface area contributed by atoms with Gasteiger partial charge in [-0.05, 0) is 18.2 Å². The molecule has 0 saturated carbocycles. The molecule has 0 radical (unpaired) electrons. The normalized spacial score (nSPS) is 9.46. The first-order valence-electron chi connectivity index (χ1n) is 6.92. The summed E-state index contributed by atoms with van der Waals surface area (Å²) in [6.45, 7) is 0. The van der Waals surface area contributed by atoms with E-state index in [4.69, 9.17) is 25.4 Å². The number of nitrogens with two attached hydrogens (primary N) is 1. The lowest BCUT2D eigenvalue weighted by atomic mass is 10.2. The number of anilines is 1. The van der Waals surface area contributed by atoms with Crippen molar-refractivity contribution in [3.63, 3.8) is 0 Å². The monoisotopic (exact) mass is 364 g/mol. The Hall–Kier alpha value is -3.82. The Kier molecular flexibility index (Phi) is 6.90. The van der Waals surface area contributed by atoms with Gasteiger partial charge in [0.05, 0.1) is 36.3 Å². The molecule has 4 N–H and O–H groups in total. The summed E-state index contributed by atoms with van der Waals surface area (Å²) in [6.07, 6.45) is 0. The smallest absolute Gasteiger partial charge is 0.336 e. The van der Waals surface area contributed by atoms with Crippen LogP contribution in [0.2, 0.25) is 0 Å². The summed E-state index contributed by atoms with van der Waals surface area (Å²) in [5, 5.41) is 27.7. The number of carboxylic acids is 2. The Morgan fingerprint density at radius 2 is 1.38 bits per heavy atom. The lowest BCUT2D eigenvalue weighted by Gasteiger charge is -2.02. The van der Waals surface area contributed by atoms with E-state index in [2.05, 4.69) is 0 Å². The summed E-state index contributed by atoms with van der Waals surface area (Å²) < 4.78 is 9.57. The zero-order valence-electron chi connectivity index (χ0n) is 13.8. The number of methoxy groups -OCH3 is 2. The number of carboxylic acid groups (broad SMARTS) is 2. The largest absolute Gasteiger partial charge is 0.497 e. The molecule has 2 aromatic carbocycles. The fourth-order valence-electron chi connectivity index (χ4n) is 1.79. The number of nitrogens with zero attached hydrogens (tertiary/aromatic N) is 1. The summed E-state index contributed by atoms with van der Waals surface area (Å²) >= 11 is 0. The number of rotatable bonds is 5.